The Morgan fingerprint density at radius 3 is 2.95 bits per heavy atom. The Morgan fingerprint density at radius 1 is 1.60 bits per heavy atom. The maximum Gasteiger partial charge on any atom is 0.292 e. The number of hydrogen-bond donors (Lipinski definition) is 1. The fourth-order valence-corrected chi connectivity index (χ4v) is 2.64. The number of nitrogens with zero attached hydrogens (tertiary/aromatic N) is 2. The van der Waals surface area contributed by atoms with E-state index in [-0.39, 0.29) is 10.6 Å². The van der Waals surface area contributed by atoms with Crippen molar-refractivity contribution in [3.63, 3.8) is 0 Å². The highest BCUT2D eigenvalue weighted by Crippen LogP contribution is 2.34. The second kappa shape index (κ2) is 6.19. The summed E-state index contributed by atoms with van der Waals surface area (Å²) in [5.41, 5.74) is 1.24. The van der Waals surface area contributed by atoms with Gasteiger partial charge in [-0.1, -0.05) is 6.07 Å². The molecule has 0 amide bonds. The monoisotopic (exact) mass is 280 g/mol. The summed E-state index contributed by atoms with van der Waals surface area (Å²) in [6.45, 7) is 3.84. The van der Waals surface area contributed by atoms with E-state index in [4.69, 9.17) is 4.74 Å². The Morgan fingerprint density at radius 2 is 2.35 bits per heavy atom. The highest BCUT2D eigenvalue weighted by Gasteiger charge is 2.28. The molecular weight excluding hydrogens is 260 g/mol. The van der Waals surface area contributed by atoms with Gasteiger partial charge in [-0.15, -0.1) is 0 Å². The molecule has 1 saturated heterocycles. The smallest absolute Gasteiger partial charge is 0.292 e. The van der Waals surface area contributed by atoms with Gasteiger partial charge in [-0.3, -0.25) is 10.1 Å². The van der Waals surface area contributed by atoms with E-state index >= 15 is 0 Å². The molecular formula is C14H20N2O4. The summed E-state index contributed by atoms with van der Waals surface area (Å²) >= 11 is 0. The number of benzene rings is 1. The van der Waals surface area contributed by atoms with Gasteiger partial charge in [0.1, 0.15) is 5.69 Å². The zero-order valence-electron chi connectivity index (χ0n) is 11.8. The molecule has 0 saturated carbocycles. The number of ether oxygens (including phenoxy) is 1. The molecule has 6 nitrogen and oxygen atoms in total. The first-order valence-electron chi connectivity index (χ1n) is 6.73. The van der Waals surface area contributed by atoms with Crippen molar-refractivity contribution >= 4 is 11.4 Å². The van der Waals surface area contributed by atoms with Gasteiger partial charge in [0.05, 0.1) is 17.6 Å². The van der Waals surface area contributed by atoms with Crippen molar-refractivity contribution in [3.8, 4) is 0 Å². The average molecular weight is 280 g/mol. The molecule has 1 N–H and O–H groups in total. The van der Waals surface area contributed by atoms with Gasteiger partial charge in [-0.2, -0.15) is 0 Å². The van der Waals surface area contributed by atoms with Crippen LogP contribution in [0.4, 0.5) is 11.4 Å². The molecule has 0 bridgehead atoms. The van der Waals surface area contributed by atoms with E-state index in [2.05, 4.69) is 0 Å². The average Bonchev–Trinajstić information content (AvgIpc) is 2.86. The van der Waals surface area contributed by atoms with E-state index in [0.717, 1.165) is 19.5 Å². The topological polar surface area (TPSA) is 75.8 Å². The summed E-state index contributed by atoms with van der Waals surface area (Å²) in [6, 6.07) is 4.94. The number of aliphatic hydroxyl groups is 1. The van der Waals surface area contributed by atoms with Gasteiger partial charge in [0, 0.05) is 32.2 Å². The zero-order chi connectivity index (χ0) is 14.7. The second-order valence-electron chi connectivity index (χ2n) is 5.24. The molecule has 6 heteroatoms. The number of nitro groups is 1. The van der Waals surface area contributed by atoms with Crippen molar-refractivity contribution in [2.75, 3.05) is 31.7 Å². The molecule has 2 unspecified atom stereocenters. The Kier molecular flexibility index (Phi) is 4.57. The van der Waals surface area contributed by atoms with E-state index in [1.54, 1.807) is 26.2 Å². The van der Waals surface area contributed by atoms with E-state index < -0.39 is 6.10 Å². The van der Waals surface area contributed by atoms with Crippen LogP contribution in [0.1, 0.15) is 25.0 Å². The predicted molar refractivity (Wildman–Crippen MR) is 75.9 cm³/mol. The third-order valence-corrected chi connectivity index (χ3v) is 3.71. The number of aliphatic hydroxyl groups excluding tert-OH is 1. The molecule has 2 atom stereocenters. The van der Waals surface area contributed by atoms with Crippen LogP contribution >= 0.6 is 0 Å². The molecule has 1 fully saturated rings. The molecule has 0 spiro atoms. The van der Waals surface area contributed by atoms with Gasteiger partial charge < -0.3 is 14.7 Å². The van der Waals surface area contributed by atoms with Crippen LogP contribution in [0.3, 0.4) is 0 Å². The van der Waals surface area contributed by atoms with Gasteiger partial charge in [-0.25, -0.2) is 0 Å². The lowest BCUT2D eigenvalue weighted by atomic mass is 10.1. The van der Waals surface area contributed by atoms with Crippen LogP contribution < -0.4 is 4.90 Å². The zero-order valence-corrected chi connectivity index (χ0v) is 11.8. The summed E-state index contributed by atoms with van der Waals surface area (Å²) < 4.78 is 5.14. The van der Waals surface area contributed by atoms with E-state index in [1.807, 2.05) is 4.90 Å². The van der Waals surface area contributed by atoms with Crippen LogP contribution in [0.2, 0.25) is 0 Å². The van der Waals surface area contributed by atoms with Crippen molar-refractivity contribution in [3.05, 3.63) is 33.9 Å². The predicted octanol–water partition coefficient (Wildman–Crippen LogP) is 2.12. The van der Waals surface area contributed by atoms with E-state index in [1.165, 1.54) is 6.07 Å². The molecule has 0 aromatic heterocycles. The normalized spacial score (nSPS) is 20.1. The van der Waals surface area contributed by atoms with Gasteiger partial charge in [0.2, 0.25) is 0 Å². The largest absolute Gasteiger partial charge is 0.389 e. The van der Waals surface area contributed by atoms with Crippen molar-refractivity contribution in [2.45, 2.75) is 19.4 Å². The van der Waals surface area contributed by atoms with Gasteiger partial charge >= 0.3 is 0 Å². The molecule has 0 radical (unpaired) electrons. The maximum absolute atomic E-state index is 11.2. The number of methoxy groups -OCH3 is 1. The first kappa shape index (κ1) is 14.7. The first-order chi connectivity index (χ1) is 9.52. The minimum atomic E-state index is -0.706. The highest BCUT2D eigenvalue weighted by atomic mass is 16.6. The number of nitro benzene ring substituents is 1. The molecule has 1 aromatic rings. The third kappa shape index (κ3) is 3.08. The SMILES string of the molecule is COCC1CCN(c2ccc(C(C)O)cc2[N+](=O)[O-])C1. The highest BCUT2D eigenvalue weighted by molar-refractivity contribution is 5.65. The molecule has 110 valence electrons. The first-order valence-corrected chi connectivity index (χ1v) is 6.73. The lowest BCUT2D eigenvalue weighted by Gasteiger charge is -2.19. The summed E-state index contributed by atoms with van der Waals surface area (Å²) in [4.78, 5) is 12.9. The van der Waals surface area contributed by atoms with Gasteiger partial charge in [0.25, 0.3) is 5.69 Å². The fraction of sp³-hybridized carbons (Fsp3) is 0.571. The van der Waals surface area contributed by atoms with Gasteiger partial charge in [0.15, 0.2) is 0 Å². The van der Waals surface area contributed by atoms with Crippen molar-refractivity contribution in [1.29, 1.82) is 0 Å². The van der Waals surface area contributed by atoms with E-state index in [0.29, 0.717) is 23.8 Å². The summed E-state index contributed by atoms with van der Waals surface area (Å²) in [5.74, 6) is 0.413. The summed E-state index contributed by atoms with van der Waals surface area (Å²) in [6.07, 6.45) is 0.269. The van der Waals surface area contributed by atoms with Crippen molar-refractivity contribution < 1.29 is 14.8 Å². The molecule has 2 rings (SSSR count). The minimum absolute atomic E-state index is 0.0569. The summed E-state index contributed by atoms with van der Waals surface area (Å²) in [7, 11) is 1.67. The van der Waals surface area contributed by atoms with Crippen molar-refractivity contribution in [1.82, 2.24) is 0 Å². The van der Waals surface area contributed by atoms with Gasteiger partial charge in [-0.05, 0) is 25.0 Å². The minimum Gasteiger partial charge on any atom is -0.389 e. The standard InChI is InChI=1S/C14H20N2O4/c1-10(17)12-3-4-13(14(7-12)16(18)19)15-6-5-11(8-15)9-20-2/h3-4,7,10-11,17H,5-6,8-9H2,1-2H3. The lowest BCUT2D eigenvalue weighted by molar-refractivity contribution is -0.384. The number of rotatable bonds is 5. The molecule has 1 heterocycles. The Balaban J connectivity index is 2.25. The van der Waals surface area contributed by atoms with Crippen molar-refractivity contribution in [2.24, 2.45) is 5.92 Å². The molecule has 1 aliphatic rings. The Hall–Kier alpha value is -1.66. The molecule has 1 aromatic carbocycles. The fourth-order valence-electron chi connectivity index (χ4n) is 2.64. The van der Waals surface area contributed by atoms with Crippen LogP contribution in [0.5, 0.6) is 0 Å². The molecule has 20 heavy (non-hydrogen) atoms. The molecule has 0 aliphatic carbocycles. The van der Waals surface area contributed by atoms with Crippen LogP contribution in [-0.4, -0.2) is 36.8 Å². The van der Waals surface area contributed by atoms with Crippen LogP contribution in [-0.2, 0) is 4.74 Å². The van der Waals surface area contributed by atoms with Crippen LogP contribution in [0.15, 0.2) is 18.2 Å². The van der Waals surface area contributed by atoms with E-state index in [9.17, 15) is 15.2 Å². The quantitative estimate of drug-likeness (QED) is 0.660. The maximum atomic E-state index is 11.2. The lowest BCUT2D eigenvalue weighted by Crippen LogP contribution is -2.22. The molecule has 1 aliphatic heterocycles. The summed E-state index contributed by atoms with van der Waals surface area (Å²) in [5, 5.41) is 20.8. The van der Waals surface area contributed by atoms with Crippen LogP contribution in [0.25, 0.3) is 0 Å². The number of hydrogen-bond acceptors (Lipinski definition) is 5. The second-order valence-corrected chi connectivity index (χ2v) is 5.24. The van der Waals surface area contributed by atoms with Crippen LogP contribution in [0, 0.1) is 16.0 Å². The Labute approximate surface area is 118 Å². The Bertz CT molecular complexity index is 490. The third-order valence-electron chi connectivity index (χ3n) is 3.71. The number of anilines is 1.